The van der Waals surface area contributed by atoms with Crippen molar-refractivity contribution in [1.82, 2.24) is 5.32 Å². The van der Waals surface area contributed by atoms with E-state index in [4.69, 9.17) is 15.6 Å². The second-order valence-electron chi connectivity index (χ2n) is 6.48. The van der Waals surface area contributed by atoms with Gasteiger partial charge in [-0.2, -0.15) is 19.1 Å². The Kier molecular flexibility index (Phi) is 6.41. The third-order valence-electron chi connectivity index (χ3n) is 4.59. The van der Waals surface area contributed by atoms with Crippen molar-refractivity contribution in [1.29, 1.82) is 0 Å². The summed E-state index contributed by atoms with van der Waals surface area (Å²) < 4.78 is 39.4. The van der Waals surface area contributed by atoms with E-state index >= 15 is 0 Å². The van der Waals surface area contributed by atoms with Gasteiger partial charge >= 0.3 is 6.18 Å². The number of benzene rings is 2. The Hall–Kier alpha value is -3.33. The minimum absolute atomic E-state index is 0.215. The maximum absolute atomic E-state index is 13.1. The number of rotatable bonds is 6. The summed E-state index contributed by atoms with van der Waals surface area (Å²) in [6.45, 7) is 2.91. The molecule has 3 rings (SSSR count). The molecular weight excluding hydrogens is 397 g/mol. The van der Waals surface area contributed by atoms with Gasteiger partial charge in [0.1, 0.15) is 7.11 Å². The number of amidine groups is 1. The van der Waals surface area contributed by atoms with Crippen molar-refractivity contribution < 1.29 is 22.8 Å². The smallest absolute Gasteiger partial charge is 0.411 e. The van der Waals surface area contributed by atoms with Crippen LogP contribution in [0.15, 0.2) is 58.7 Å². The lowest BCUT2D eigenvalue weighted by Crippen LogP contribution is -2.29. The maximum Gasteiger partial charge on any atom is 0.416 e. The van der Waals surface area contributed by atoms with E-state index in [0.717, 1.165) is 12.1 Å². The zero-order chi connectivity index (χ0) is 21.7. The number of nitrogens with two attached hydrogens (primary N) is 1. The molecule has 1 aliphatic rings. The SMILES string of the molecule is CON=C(C1=NCCN1)c1ccccc1C(ON)=C(C)c1cccc(C(F)(F)F)c1. The lowest BCUT2D eigenvalue weighted by atomic mass is 9.95. The Morgan fingerprint density at radius 3 is 2.47 bits per heavy atom. The summed E-state index contributed by atoms with van der Waals surface area (Å²) in [5.74, 6) is 6.33. The Morgan fingerprint density at radius 1 is 1.13 bits per heavy atom. The van der Waals surface area contributed by atoms with Crippen molar-refractivity contribution in [3.05, 3.63) is 70.8 Å². The first kappa shape index (κ1) is 21.4. The second-order valence-corrected chi connectivity index (χ2v) is 6.48. The molecule has 0 aromatic heterocycles. The van der Waals surface area contributed by atoms with Crippen LogP contribution in [0.25, 0.3) is 11.3 Å². The van der Waals surface area contributed by atoms with Crippen molar-refractivity contribution in [2.24, 2.45) is 16.0 Å². The van der Waals surface area contributed by atoms with Gasteiger partial charge in [0.25, 0.3) is 0 Å². The molecule has 3 N–H and O–H groups in total. The summed E-state index contributed by atoms with van der Waals surface area (Å²) in [4.78, 5) is 14.5. The first-order chi connectivity index (χ1) is 14.4. The molecule has 9 heteroatoms. The van der Waals surface area contributed by atoms with Crippen molar-refractivity contribution in [3.8, 4) is 0 Å². The predicted molar refractivity (Wildman–Crippen MR) is 109 cm³/mol. The molecule has 0 atom stereocenters. The molecule has 0 aliphatic carbocycles. The highest BCUT2D eigenvalue weighted by Gasteiger charge is 2.31. The second kappa shape index (κ2) is 9.00. The van der Waals surface area contributed by atoms with Crippen molar-refractivity contribution >= 4 is 22.9 Å². The fourth-order valence-corrected chi connectivity index (χ4v) is 3.17. The van der Waals surface area contributed by atoms with Gasteiger partial charge in [-0.05, 0) is 24.6 Å². The summed E-state index contributed by atoms with van der Waals surface area (Å²) >= 11 is 0. The molecule has 2 aromatic carbocycles. The highest BCUT2D eigenvalue weighted by Crippen LogP contribution is 2.34. The predicted octanol–water partition coefficient (Wildman–Crippen LogP) is 3.84. The van der Waals surface area contributed by atoms with Crippen LogP contribution in [-0.4, -0.2) is 31.7 Å². The Bertz CT molecular complexity index is 1010. The van der Waals surface area contributed by atoms with Crippen LogP contribution in [0, 0.1) is 0 Å². The van der Waals surface area contributed by atoms with E-state index in [9.17, 15) is 13.2 Å². The van der Waals surface area contributed by atoms with Crippen LogP contribution in [0.2, 0.25) is 0 Å². The topological polar surface area (TPSA) is 81.2 Å². The van der Waals surface area contributed by atoms with E-state index in [2.05, 4.69) is 15.5 Å². The number of oxime groups is 1. The highest BCUT2D eigenvalue weighted by atomic mass is 19.4. The molecule has 0 bridgehead atoms. The van der Waals surface area contributed by atoms with Crippen LogP contribution in [0.5, 0.6) is 0 Å². The van der Waals surface area contributed by atoms with E-state index in [1.165, 1.54) is 13.2 Å². The average molecular weight is 418 g/mol. The van der Waals surface area contributed by atoms with Crippen molar-refractivity contribution in [2.45, 2.75) is 13.1 Å². The molecule has 0 unspecified atom stereocenters. The fraction of sp³-hybridized carbons (Fsp3) is 0.238. The van der Waals surface area contributed by atoms with Gasteiger partial charge in [0, 0.05) is 23.2 Å². The monoisotopic (exact) mass is 418 g/mol. The number of hydrogen-bond donors (Lipinski definition) is 2. The molecule has 0 fully saturated rings. The lowest BCUT2D eigenvalue weighted by Gasteiger charge is -2.16. The molecule has 6 nitrogen and oxygen atoms in total. The van der Waals surface area contributed by atoms with Crippen LogP contribution < -0.4 is 11.2 Å². The van der Waals surface area contributed by atoms with E-state index in [0.29, 0.717) is 46.9 Å². The number of nitrogens with one attached hydrogen (secondary N) is 1. The van der Waals surface area contributed by atoms with Crippen molar-refractivity contribution in [3.63, 3.8) is 0 Å². The average Bonchev–Trinajstić information content (AvgIpc) is 3.27. The summed E-state index contributed by atoms with van der Waals surface area (Å²) in [6, 6.07) is 12.1. The van der Waals surface area contributed by atoms with Gasteiger partial charge in [-0.15, -0.1) is 0 Å². The molecule has 0 spiro atoms. The molecule has 0 amide bonds. The van der Waals surface area contributed by atoms with Gasteiger partial charge in [-0.1, -0.05) is 41.6 Å². The van der Waals surface area contributed by atoms with Crippen LogP contribution in [0.3, 0.4) is 0 Å². The summed E-state index contributed by atoms with van der Waals surface area (Å²) in [5, 5.41) is 7.22. The quantitative estimate of drug-likeness (QED) is 0.323. The van der Waals surface area contributed by atoms with Gasteiger partial charge < -0.3 is 15.0 Å². The van der Waals surface area contributed by atoms with E-state index < -0.39 is 11.7 Å². The number of halogens is 3. The highest BCUT2D eigenvalue weighted by molar-refractivity contribution is 6.48. The Balaban J connectivity index is 2.15. The lowest BCUT2D eigenvalue weighted by molar-refractivity contribution is -0.137. The summed E-state index contributed by atoms with van der Waals surface area (Å²) in [7, 11) is 1.42. The Morgan fingerprint density at radius 2 is 1.87 bits per heavy atom. The van der Waals surface area contributed by atoms with Crippen LogP contribution in [0.4, 0.5) is 13.2 Å². The van der Waals surface area contributed by atoms with E-state index in [1.807, 2.05) is 0 Å². The minimum atomic E-state index is -4.46. The Labute approximate surface area is 171 Å². The molecule has 0 saturated carbocycles. The number of alkyl halides is 3. The number of allylic oxidation sites excluding steroid dienone is 1. The molecular formula is C21H21F3N4O2. The van der Waals surface area contributed by atoms with Gasteiger partial charge in [0.2, 0.25) is 0 Å². The first-order valence-electron chi connectivity index (χ1n) is 9.11. The maximum atomic E-state index is 13.1. The largest absolute Gasteiger partial charge is 0.416 e. The zero-order valence-electron chi connectivity index (χ0n) is 16.5. The van der Waals surface area contributed by atoms with Gasteiger partial charge in [-0.25, -0.2) is 0 Å². The van der Waals surface area contributed by atoms with Crippen LogP contribution in [0.1, 0.15) is 29.2 Å². The summed E-state index contributed by atoms with van der Waals surface area (Å²) in [6.07, 6.45) is -4.46. The molecule has 1 aliphatic heterocycles. The minimum Gasteiger partial charge on any atom is -0.411 e. The van der Waals surface area contributed by atoms with Gasteiger partial charge in [0.15, 0.2) is 17.3 Å². The molecule has 1 heterocycles. The van der Waals surface area contributed by atoms with Gasteiger partial charge in [-0.3, -0.25) is 4.99 Å². The first-order valence-corrected chi connectivity index (χ1v) is 9.11. The van der Waals surface area contributed by atoms with E-state index in [1.54, 1.807) is 37.3 Å². The number of hydrogen-bond acceptors (Lipinski definition) is 6. The molecule has 2 aromatic rings. The third kappa shape index (κ3) is 4.46. The molecule has 0 saturated heterocycles. The number of nitrogens with zero attached hydrogens (tertiary/aromatic N) is 2. The van der Waals surface area contributed by atoms with Crippen LogP contribution >= 0.6 is 0 Å². The van der Waals surface area contributed by atoms with E-state index in [-0.39, 0.29) is 5.76 Å². The summed E-state index contributed by atoms with van der Waals surface area (Å²) in [5.41, 5.74) is 1.62. The molecule has 0 radical (unpaired) electrons. The van der Waals surface area contributed by atoms with Crippen molar-refractivity contribution in [2.75, 3.05) is 20.2 Å². The molecule has 158 valence electrons. The van der Waals surface area contributed by atoms with Crippen LogP contribution in [-0.2, 0) is 15.9 Å². The normalized spacial score (nSPS) is 15.3. The fourth-order valence-electron chi connectivity index (χ4n) is 3.17. The number of aliphatic imine (C=N–C) groups is 1. The third-order valence-corrected chi connectivity index (χ3v) is 4.59. The zero-order valence-corrected chi connectivity index (χ0v) is 16.5. The van der Waals surface area contributed by atoms with Gasteiger partial charge in [0.05, 0.1) is 12.1 Å². The standard InChI is InChI=1S/C21H21F3N4O2/c1-13(14-6-5-7-15(12-14)21(22,23)24)19(30-25)17-9-4-3-8-16(17)18(28-29-2)20-26-10-11-27-20/h3-9,12H,10-11,25H2,1-2H3,(H,26,27). The molecule has 30 heavy (non-hydrogen) atoms.